The normalized spacial score (nSPS) is 15.5. The van der Waals surface area contributed by atoms with Gasteiger partial charge in [0, 0.05) is 19.3 Å². The Bertz CT molecular complexity index is 250. The first-order chi connectivity index (χ1) is 8.27. The number of rotatable bonds is 5. The van der Waals surface area contributed by atoms with Gasteiger partial charge >= 0.3 is 6.03 Å². The third-order valence-corrected chi connectivity index (χ3v) is 2.81. The van der Waals surface area contributed by atoms with Crippen LogP contribution in [0, 0.1) is 0 Å². The van der Waals surface area contributed by atoms with Crippen molar-refractivity contribution >= 4 is 6.03 Å². The number of hydrogen-bond donors (Lipinski definition) is 1. The highest BCUT2D eigenvalue weighted by Gasteiger charge is 2.11. The minimum absolute atomic E-state index is 0.0210. The van der Waals surface area contributed by atoms with Gasteiger partial charge in [0.25, 0.3) is 0 Å². The minimum Gasteiger partial charge on any atom is -0.381 e. The number of amides is 2. The van der Waals surface area contributed by atoms with Crippen LogP contribution in [0.1, 0.15) is 39.5 Å². The first-order valence-electron chi connectivity index (χ1n) is 6.59. The second-order valence-corrected chi connectivity index (χ2v) is 4.35. The van der Waals surface area contributed by atoms with E-state index in [-0.39, 0.29) is 6.03 Å². The molecule has 1 N–H and O–H groups in total. The maximum Gasteiger partial charge on any atom is 0.321 e. The molecule has 0 aromatic carbocycles. The van der Waals surface area contributed by atoms with E-state index in [0.717, 1.165) is 52.0 Å². The van der Waals surface area contributed by atoms with Gasteiger partial charge in [-0.15, -0.1) is 0 Å². The Balaban J connectivity index is 2.39. The van der Waals surface area contributed by atoms with Gasteiger partial charge in [0.15, 0.2) is 0 Å². The van der Waals surface area contributed by atoms with E-state index >= 15 is 0 Å². The van der Waals surface area contributed by atoms with Crippen LogP contribution in [0.5, 0.6) is 0 Å². The molecular weight excluding hydrogens is 216 g/mol. The number of nitrogens with one attached hydrogen (secondary N) is 1. The average Bonchev–Trinajstić information content (AvgIpc) is 2.37. The molecule has 1 aliphatic rings. The van der Waals surface area contributed by atoms with Crippen LogP contribution in [-0.4, -0.2) is 37.2 Å². The molecule has 1 aliphatic heterocycles. The molecule has 0 spiro atoms. The highest BCUT2D eigenvalue weighted by Crippen LogP contribution is 2.11. The summed E-state index contributed by atoms with van der Waals surface area (Å²) in [5.74, 6) is 0. The molecule has 1 rings (SSSR count). The van der Waals surface area contributed by atoms with Crippen LogP contribution < -0.4 is 5.32 Å². The summed E-state index contributed by atoms with van der Waals surface area (Å²) in [6.07, 6.45) is 5.72. The molecule has 0 bridgehead atoms. The van der Waals surface area contributed by atoms with Gasteiger partial charge in [-0.25, -0.2) is 4.79 Å². The fourth-order valence-corrected chi connectivity index (χ4v) is 1.89. The summed E-state index contributed by atoms with van der Waals surface area (Å²) in [7, 11) is 0. The molecule has 0 aromatic rings. The van der Waals surface area contributed by atoms with Gasteiger partial charge in [-0.05, 0) is 31.3 Å². The molecule has 17 heavy (non-hydrogen) atoms. The van der Waals surface area contributed by atoms with Crippen molar-refractivity contribution in [3.05, 3.63) is 11.8 Å². The number of urea groups is 1. The lowest BCUT2D eigenvalue weighted by Crippen LogP contribution is -2.38. The molecule has 1 heterocycles. The smallest absolute Gasteiger partial charge is 0.321 e. The molecule has 1 fully saturated rings. The van der Waals surface area contributed by atoms with Gasteiger partial charge in [0.2, 0.25) is 0 Å². The van der Waals surface area contributed by atoms with Crippen LogP contribution in [-0.2, 0) is 4.74 Å². The van der Waals surface area contributed by atoms with Crippen molar-refractivity contribution in [2.45, 2.75) is 39.5 Å². The average molecular weight is 240 g/mol. The molecule has 4 nitrogen and oxygen atoms in total. The van der Waals surface area contributed by atoms with Crippen LogP contribution >= 0.6 is 0 Å². The molecule has 0 saturated carbocycles. The van der Waals surface area contributed by atoms with Crippen LogP contribution in [0.2, 0.25) is 0 Å². The Hall–Kier alpha value is -1.03. The van der Waals surface area contributed by atoms with E-state index in [1.54, 1.807) is 0 Å². The summed E-state index contributed by atoms with van der Waals surface area (Å²) in [6, 6.07) is 0.0210. The fourth-order valence-electron chi connectivity index (χ4n) is 1.89. The second kappa shape index (κ2) is 8.12. The molecule has 0 aliphatic carbocycles. The predicted octanol–water partition coefficient (Wildman–Crippen LogP) is 2.51. The number of carbonyl (C=O) groups excluding carboxylic acids is 1. The number of carbonyl (C=O) groups is 1. The van der Waals surface area contributed by atoms with E-state index in [9.17, 15) is 4.79 Å². The Labute approximate surface area is 104 Å². The van der Waals surface area contributed by atoms with E-state index in [0.29, 0.717) is 0 Å². The summed E-state index contributed by atoms with van der Waals surface area (Å²) >= 11 is 0. The molecule has 98 valence electrons. The highest BCUT2D eigenvalue weighted by molar-refractivity contribution is 5.75. The minimum atomic E-state index is 0.0210. The zero-order chi connectivity index (χ0) is 12.5. The molecule has 0 atom stereocenters. The first-order valence-corrected chi connectivity index (χ1v) is 6.59. The van der Waals surface area contributed by atoms with Gasteiger partial charge in [-0.1, -0.05) is 13.8 Å². The van der Waals surface area contributed by atoms with Gasteiger partial charge in [-0.2, -0.15) is 0 Å². The maximum atomic E-state index is 11.9. The van der Waals surface area contributed by atoms with E-state index < -0.39 is 0 Å². The summed E-state index contributed by atoms with van der Waals surface area (Å²) in [4.78, 5) is 13.8. The van der Waals surface area contributed by atoms with Crippen molar-refractivity contribution in [1.29, 1.82) is 0 Å². The van der Waals surface area contributed by atoms with Gasteiger partial charge < -0.3 is 15.0 Å². The van der Waals surface area contributed by atoms with Crippen molar-refractivity contribution in [3.63, 3.8) is 0 Å². The maximum absolute atomic E-state index is 11.9. The highest BCUT2D eigenvalue weighted by atomic mass is 16.5. The summed E-state index contributed by atoms with van der Waals surface area (Å²) in [5, 5.41) is 2.89. The molecule has 4 heteroatoms. The first kappa shape index (κ1) is 14.0. The van der Waals surface area contributed by atoms with E-state index in [1.165, 1.54) is 5.57 Å². The topological polar surface area (TPSA) is 41.6 Å². The molecule has 0 unspecified atom stereocenters. The summed E-state index contributed by atoms with van der Waals surface area (Å²) in [5.41, 5.74) is 1.28. The zero-order valence-electron chi connectivity index (χ0n) is 11.0. The van der Waals surface area contributed by atoms with Crippen molar-refractivity contribution in [1.82, 2.24) is 10.2 Å². The van der Waals surface area contributed by atoms with Crippen LogP contribution in [0.25, 0.3) is 0 Å². The molecule has 0 aromatic heterocycles. The quantitative estimate of drug-likeness (QED) is 0.802. The van der Waals surface area contributed by atoms with Crippen molar-refractivity contribution in [2.75, 3.05) is 26.3 Å². The SMILES string of the molecule is CCCN(CCC)C(=O)NC=C1CCOCC1. The lowest BCUT2D eigenvalue weighted by atomic mass is 10.1. The van der Waals surface area contributed by atoms with Gasteiger partial charge in [-0.3, -0.25) is 0 Å². The summed E-state index contributed by atoms with van der Waals surface area (Å²) < 4.78 is 5.27. The van der Waals surface area contributed by atoms with E-state index in [2.05, 4.69) is 19.2 Å². The van der Waals surface area contributed by atoms with E-state index in [4.69, 9.17) is 4.74 Å². The van der Waals surface area contributed by atoms with Crippen LogP contribution in [0.15, 0.2) is 11.8 Å². The molecular formula is C13H24N2O2. The lowest BCUT2D eigenvalue weighted by molar-refractivity contribution is 0.119. The van der Waals surface area contributed by atoms with E-state index in [1.807, 2.05) is 11.1 Å². The standard InChI is InChI=1S/C13H24N2O2/c1-3-7-15(8-4-2)13(16)14-11-12-5-9-17-10-6-12/h11H,3-10H2,1-2H3,(H,14,16). The Morgan fingerprint density at radius 2 is 1.88 bits per heavy atom. The summed E-state index contributed by atoms with van der Waals surface area (Å²) in [6.45, 7) is 7.38. The lowest BCUT2D eigenvalue weighted by Gasteiger charge is -2.21. The van der Waals surface area contributed by atoms with Crippen molar-refractivity contribution < 1.29 is 9.53 Å². The van der Waals surface area contributed by atoms with Crippen LogP contribution in [0.3, 0.4) is 0 Å². The Kier molecular flexibility index (Phi) is 6.70. The van der Waals surface area contributed by atoms with Crippen molar-refractivity contribution in [2.24, 2.45) is 0 Å². The molecule has 2 amide bonds. The third-order valence-electron chi connectivity index (χ3n) is 2.81. The van der Waals surface area contributed by atoms with Crippen molar-refractivity contribution in [3.8, 4) is 0 Å². The fraction of sp³-hybridized carbons (Fsp3) is 0.769. The third kappa shape index (κ3) is 5.22. The van der Waals surface area contributed by atoms with Gasteiger partial charge in [0.05, 0.1) is 13.2 Å². The molecule has 0 radical (unpaired) electrons. The predicted molar refractivity (Wildman–Crippen MR) is 68.8 cm³/mol. The molecule has 1 saturated heterocycles. The number of ether oxygens (including phenoxy) is 1. The monoisotopic (exact) mass is 240 g/mol. The van der Waals surface area contributed by atoms with Crippen LogP contribution in [0.4, 0.5) is 4.79 Å². The second-order valence-electron chi connectivity index (χ2n) is 4.35. The Morgan fingerprint density at radius 3 is 2.41 bits per heavy atom. The number of hydrogen-bond acceptors (Lipinski definition) is 2. The Morgan fingerprint density at radius 1 is 1.29 bits per heavy atom. The van der Waals surface area contributed by atoms with Gasteiger partial charge in [0.1, 0.15) is 0 Å². The number of nitrogens with zero attached hydrogens (tertiary/aromatic N) is 1. The largest absolute Gasteiger partial charge is 0.381 e. The zero-order valence-corrected chi connectivity index (χ0v) is 11.0.